The number of hydrogen-bond donors (Lipinski definition) is 0. The number of hydrogen-bond acceptors (Lipinski definition) is 2. The monoisotopic (exact) mass is 140 g/mol. The van der Waals surface area contributed by atoms with Crippen molar-refractivity contribution in [1.82, 2.24) is 0 Å². The molecule has 0 atom stereocenters. The Bertz CT molecular complexity index is 313. The number of rotatable bonds is 0. The summed E-state index contributed by atoms with van der Waals surface area (Å²) >= 11 is 0. The van der Waals surface area contributed by atoms with E-state index in [-0.39, 0.29) is 0 Å². The summed E-state index contributed by atoms with van der Waals surface area (Å²) in [6.07, 6.45) is 6.46. The smallest absolute Gasteiger partial charge is 0.206 e. The van der Waals surface area contributed by atoms with Gasteiger partial charge < -0.3 is 0 Å². The molecule has 2 nitrogen and oxygen atoms in total. The molecule has 2 heterocycles. The highest BCUT2D eigenvalue weighted by Gasteiger charge is 2.28. The molecule has 0 amide bonds. The lowest BCUT2D eigenvalue weighted by Gasteiger charge is -1.86. The van der Waals surface area contributed by atoms with Crippen LogP contribution in [0.25, 0.3) is 0 Å². The van der Waals surface area contributed by atoms with Gasteiger partial charge in [-0.05, 0) is 24.3 Å². The maximum absolute atomic E-state index is 11.0. The molecule has 0 fully saturated rings. The van der Waals surface area contributed by atoms with E-state index in [1.54, 1.807) is 24.3 Å². The summed E-state index contributed by atoms with van der Waals surface area (Å²) in [4.78, 5) is 0.856. The van der Waals surface area contributed by atoms with Crippen LogP contribution in [0.15, 0.2) is 34.1 Å². The van der Waals surface area contributed by atoms with Crippen LogP contribution in [0, 0.1) is 0 Å². The summed E-state index contributed by atoms with van der Waals surface area (Å²) < 4.78 is 21.9. The molecule has 0 saturated carbocycles. The van der Waals surface area contributed by atoms with Crippen molar-refractivity contribution in [2.75, 3.05) is 0 Å². The zero-order valence-corrected chi connectivity index (χ0v) is 5.35. The van der Waals surface area contributed by atoms with Crippen LogP contribution < -0.4 is 0 Å². The van der Waals surface area contributed by atoms with Gasteiger partial charge in [-0.2, -0.15) is 0 Å². The van der Waals surface area contributed by atoms with Crippen molar-refractivity contribution in [3.05, 3.63) is 34.1 Å². The molecule has 0 aromatic carbocycles. The van der Waals surface area contributed by atoms with Crippen molar-refractivity contribution in [1.29, 1.82) is 0 Å². The van der Waals surface area contributed by atoms with Crippen molar-refractivity contribution in [2.24, 2.45) is 0 Å². The average Bonchev–Trinajstić information content (AvgIpc) is 2.24. The molecule has 0 saturated heterocycles. The fourth-order valence-electron chi connectivity index (χ4n) is 0.934. The van der Waals surface area contributed by atoms with E-state index in [0.29, 0.717) is 9.81 Å². The molecule has 0 aliphatic carbocycles. The van der Waals surface area contributed by atoms with E-state index in [1.165, 1.54) is 0 Å². The maximum Gasteiger partial charge on any atom is 0.206 e. The summed E-state index contributed by atoms with van der Waals surface area (Å²) in [7, 11) is -2.98. The summed E-state index contributed by atoms with van der Waals surface area (Å²) in [5, 5.41) is 0. The molecular formula is C6H4O2S. The molecule has 0 spiro atoms. The third-order valence-electron chi connectivity index (χ3n) is 1.44. The van der Waals surface area contributed by atoms with Crippen molar-refractivity contribution in [3.63, 3.8) is 0 Å². The minimum absolute atomic E-state index is 0.428. The first kappa shape index (κ1) is 4.99. The van der Waals surface area contributed by atoms with Gasteiger partial charge in [-0.3, -0.25) is 0 Å². The first-order valence-electron chi connectivity index (χ1n) is 2.56. The highest BCUT2D eigenvalue weighted by atomic mass is 32.2. The average molecular weight is 140 g/mol. The molecule has 46 valence electrons. The zero-order valence-electron chi connectivity index (χ0n) is 4.53. The van der Waals surface area contributed by atoms with Crippen LogP contribution in [-0.4, -0.2) is 8.42 Å². The van der Waals surface area contributed by atoms with Crippen LogP contribution in [0.1, 0.15) is 0 Å². The molecular weight excluding hydrogens is 136 g/mol. The summed E-state index contributed by atoms with van der Waals surface area (Å²) in [6.45, 7) is 0. The van der Waals surface area contributed by atoms with Crippen LogP contribution in [0.4, 0.5) is 0 Å². The van der Waals surface area contributed by atoms with Gasteiger partial charge in [-0.25, -0.2) is 8.42 Å². The Hall–Kier alpha value is -0.830. The number of allylic oxidation sites excluding steroid dienone is 4. The Balaban J connectivity index is 2.90. The molecule has 0 aromatic rings. The maximum atomic E-state index is 11.0. The Kier molecular flexibility index (Phi) is 0.658. The van der Waals surface area contributed by atoms with Gasteiger partial charge in [0, 0.05) is 0 Å². The highest BCUT2D eigenvalue weighted by molar-refractivity contribution is 8.00. The lowest BCUT2D eigenvalue weighted by atomic mass is 10.3. The molecule has 3 heteroatoms. The van der Waals surface area contributed by atoms with Gasteiger partial charge in [0.1, 0.15) is 0 Å². The predicted molar refractivity (Wildman–Crippen MR) is 34.2 cm³/mol. The normalized spacial score (nSPS) is 26.2. The predicted octanol–water partition coefficient (Wildman–Crippen LogP) is 0.752. The molecule has 9 heavy (non-hydrogen) atoms. The quantitative estimate of drug-likeness (QED) is 0.497. The fourth-order valence-corrected chi connectivity index (χ4v) is 2.19. The van der Waals surface area contributed by atoms with Gasteiger partial charge in [0.05, 0.1) is 9.81 Å². The van der Waals surface area contributed by atoms with E-state index >= 15 is 0 Å². The summed E-state index contributed by atoms with van der Waals surface area (Å²) in [6, 6.07) is 0. The van der Waals surface area contributed by atoms with Crippen molar-refractivity contribution >= 4 is 9.84 Å². The number of sulfone groups is 1. The first-order chi connectivity index (χ1) is 4.21. The molecule has 0 unspecified atom stereocenters. The van der Waals surface area contributed by atoms with Crippen LogP contribution in [-0.2, 0) is 9.84 Å². The standard InChI is InChI=1S/C6H4O2S/c7-9(8)5-1-2-6(9)4-3-5/h1-4H. The minimum atomic E-state index is -2.98. The minimum Gasteiger partial charge on any atom is -0.219 e. The molecule has 0 N–H and O–H groups in total. The third-order valence-corrected chi connectivity index (χ3v) is 3.23. The van der Waals surface area contributed by atoms with E-state index < -0.39 is 9.84 Å². The SMILES string of the molecule is O=S1(=O)C2=CC=C1C=C2. The van der Waals surface area contributed by atoms with Crippen LogP contribution in [0.3, 0.4) is 0 Å². The Morgan fingerprint density at radius 1 is 1.00 bits per heavy atom. The van der Waals surface area contributed by atoms with Crippen molar-refractivity contribution < 1.29 is 8.42 Å². The second-order valence-electron chi connectivity index (χ2n) is 1.97. The molecule has 0 radical (unpaired) electrons. The van der Waals surface area contributed by atoms with Gasteiger partial charge in [0.15, 0.2) is 0 Å². The van der Waals surface area contributed by atoms with E-state index in [2.05, 4.69) is 0 Å². The van der Waals surface area contributed by atoms with E-state index in [1.807, 2.05) is 0 Å². The van der Waals surface area contributed by atoms with Crippen LogP contribution in [0.2, 0.25) is 0 Å². The van der Waals surface area contributed by atoms with Gasteiger partial charge in [-0.1, -0.05) is 0 Å². The molecule has 2 aliphatic rings. The van der Waals surface area contributed by atoms with Crippen molar-refractivity contribution in [2.45, 2.75) is 0 Å². The van der Waals surface area contributed by atoms with E-state index in [0.717, 1.165) is 0 Å². The fraction of sp³-hybridized carbons (Fsp3) is 0. The zero-order chi connectivity index (χ0) is 6.48. The van der Waals surface area contributed by atoms with Gasteiger partial charge in [0.2, 0.25) is 9.84 Å². The number of fused-ring (bicyclic) bond motifs is 2. The van der Waals surface area contributed by atoms with Crippen molar-refractivity contribution in [3.8, 4) is 0 Å². The van der Waals surface area contributed by atoms with Crippen LogP contribution in [0.5, 0.6) is 0 Å². The topological polar surface area (TPSA) is 34.1 Å². The lowest BCUT2D eigenvalue weighted by molar-refractivity contribution is 0.611. The Morgan fingerprint density at radius 3 is 1.56 bits per heavy atom. The molecule has 2 rings (SSSR count). The highest BCUT2D eigenvalue weighted by Crippen LogP contribution is 2.32. The largest absolute Gasteiger partial charge is 0.219 e. The Morgan fingerprint density at radius 2 is 1.44 bits per heavy atom. The molecule has 2 bridgehead atoms. The second-order valence-corrected chi connectivity index (χ2v) is 3.92. The Labute approximate surface area is 53.1 Å². The molecule has 0 aromatic heterocycles. The summed E-state index contributed by atoms with van der Waals surface area (Å²) in [5.41, 5.74) is 0. The van der Waals surface area contributed by atoms with E-state index in [9.17, 15) is 8.42 Å². The first-order valence-corrected chi connectivity index (χ1v) is 4.05. The third kappa shape index (κ3) is 0.428. The van der Waals surface area contributed by atoms with Crippen LogP contribution >= 0.6 is 0 Å². The lowest BCUT2D eigenvalue weighted by Crippen LogP contribution is -1.92. The van der Waals surface area contributed by atoms with Gasteiger partial charge >= 0.3 is 0 Å². The molecule has 2 aliphatic heterocycles. The van der Waals surface area contributed by atoms with Gasteiger partial charge in [-0.15, -0.1) is 0 Å². The second kappa shape index (κ2) is 1.19. The van der Waals surface area contributed by atoms with E-state index in [4.69, 9.17) is 0 Å². The summed E-state index contributed by atoms with van der Waals surface area (Å²) in [5.74, 6) is 0. The van der Waals surface area contributed by atoms with Gasteiger partial charge in [0.25, 0.3) is 0 Å².